The second kappa shape index (κ2) is 14.0. The van der Waals surface area contributed by atoms with Crippen molar-refractivity contribution in [2.24, 2.45) is 28.6 Å². The van der Waals surface area contributed by atoms with Gasteiger partial charge >= 0.3 is 6.03 Å². The molecule has 0 aromatic carbocycles. The van der Waals surface area contributed by atoms with Crippen molar-refractivity contribution in [1.29, 1.82) is 0 Å². The van der Waals surface area contributed by atoms with Crippen molar-refractivity contribution in [2.45, 2.75) is 134 Å². The molecule has 4 N–H and O–H groups in total. The summed E-state index contributed by atoms with van der Waals surface area (Å²) in [6.07, 6.45) is 9.36. The molecule has 0 bridgehead atoms. The number of Topliss-reactive ketones (excluding diaryl/α,β-unsaturated/α-hetero) is 1. The van der Waals surface area contributed by atoms with E-state index in [9.17, 15) is 32.4 Å². The quantitative estimate of drug-likeness (QED) is 0.179. The maximum absolute atomic E-state index is 14.5. The van der Waals surface area contributed by atoms with Crippen molar-refractivity contribution in [3.63, 3.8) is 0 Å². The summed E-state index contributed by atoms with van der Waals surface area (Å²) in [7, 11) is -3.39. The molecule has 5 amide bonds. The van der Waals surface area contributed by atoms with Crippen LogP contribution < -0.4 is 21.3 Å². The molecule has 2 unspecified atom stereocenters. The molecule has 3 saturated carbocycles. The molecule has 5 fully saturated rings. The summed E-state index contributed by atoms with van der Waals surface area (Å²) in [6, 6.07) is -3.47. The number of piperidine rings is 1. The van der Waals surface area contributed by atoms with Gasteiger partial charge < -0.3 is 26.2 Å². The number of carbonyl (C=O) groups is 5. The van der Waals surface area contributed by atoms with Crippen molar-refractivity contribution in [3.05, 3.63) is 12.7 Å². The zero-order valence-corrected chi connectivity index (χ0v) is 30.8. The molecule has 0 radical (unpaired) electrons. The molecular formula is C36H57N5O7S. The minimum absolute atomic E-state index is 0.0668. The predicted molar refractivity (Wildman–Crippen MR) is 186 cm³/mol. The predicted octanol–water partition coefficient (Wildman–Crippen LogP) is 3.01. The fourth-order valence-corrected chi connectivity index (χ4v) is 11.3. The number of rotatable bonds is 12. The smallest absolute Gasteiger partial charge is 0.315 e. The van der Waals surface area contributed by atoms with E-state index in [1.807, 2.05) is 20.8 Å². The lowest BCUT2D eigenvalue weighted by Gasteiger charge is -2.45. The number of nitrogens with zero attached hydrogens (tertiary/aromatic N) is 1. The van der Waals surface area contributed by atoms with E-state index in [4.69, 9.17) is 0 Å². The molecule has 2 heterocycles. The summed E-state index contributed by atoms with van der Waals surface area (Å²) in [6.45, 7) is 13.7. The van der Waals surface area contributed by atoms with E-state index < -0.39 is 73.7 Å². The van der Waals surface area contributed by atoms with Gasteiger partial charge in [-0.05, 0) is 60.7 Å². The number of amides is 5. The molecule has 0 aromatic heterocycles. The normalized spacial score (nSPS) is 29.4. The Hall–Kier alpha value is -2.96. The van der Waals surface area contributed by atoms with Crippen LogP contribution in [-0.4, -0.2) is 90.6 Å². The van der Waals surface area contributed by atoms with Gasteiger partial charge in [0.15, 0.2) is 9.84 Å². The highest BCUT2D eigenvalue weighted by Crippen LogP contribution is 2.65. The topological polar surface area (TPSA) is 171 Å². The first-order chi connectivity index (χ1) is 22.9. The van der Waals surface area contributed by atoms with Gasteiger partial charge in [0.1, 0.15) is 12.1 Å². The van der Waals surface area contributed by atoms with Gasteiger partial charge in [0, 0.05) is 13.1 Å². The van der Waals surface area contributed by atoms with E-state index in [0.717, 1.165) is 38.5 Å². The average molecular weight is 704 g/mol. The van der Waals surface area contributed by atoms with E-state index in [1.165, 1.54) is 6.08 Å². The Balaban J connectivity index is 1.35. The third-order valence-electron chi connectivity index (χ3n) is 12.0. The van der Waals surface area contributed by atoms with Crippen LogP contribution in [0.4, 0.5) is 4.79 Å². The van der Waals surface area contributed by atoms with Crippen molar-refractivity contribution >= 4 is 39.4 Å². The Morgan fingerprint density at radius 2 is 1.63 bits per heavy atom. The van der Waals surface area contributed by atoms with Crippen LogP contribution >= 0.6 is 0 Å². The van der Waals surface area contributed by atoms with Gasteiger partial charge in [-0.15, -0.1) is 6.58 Å². The first-order valence-corrected chi connectivity index (χ1v) is 20.0. The molecular weight excluding hydrogens is 646 g/mol. The van der Waals surface area contributed by atoms with Gasteiger partial charge in [0.05, 0.1) is 22.6 Å². The van der Waals surface area contributed by atoms with Gasteiger partial charge in [-0.1, -0.05) is 79.2 Å². The summed E-state index contributed by atoms with van der Waals surface area (Å²) < 4.78 is 26.5. The molecule has 3 aliphatic carbocycles. The SMILES string of the molecule is C=CCNC(=O)C(=O)C(CC1CC1)NC(=O)[C@@H]1[C@@H]2[C@H](CN1C(=O)[C@@H](NC(=O)NC1(C3CCCCS3(=O)=O)CCCCC1)C(C)(C)C)C2(C)C. The fraction of sp³-hybridized carbons (Fsp3) is 0.806. The number of likely N-dealkylation sites (tertiary alicyclic amines) is 1. The Morgan fingerprint density at radius 1 is 0.959 bits per heavy atom. The molecule has 2 aliphatic heterocycles. The maximum Gasteiger partial charge on any atom is 0.315 e. The lowest BCUT2D eigenvalue weighted by molar-refractivity contribution is -0.145. The highest BCUT2D eigenvalue weighted by molar-refractivity contribution is 7.92. The van der Waals surface area contributed by atoms with Crippen LogP contribution in [0.15, 0.2) is 12.7 Å². The molecule has 0 aromatic rings. The first-order valence-electron chi connectivity index (χ1n) is 18.3. The number of ketones is 1. The molecule has 5 rings (SSSR count). The molecule has 2 saturated heterocycles. The van der Waals surface area contributed by atoms with Crippen LogP contribution in [-0.2, 0) is 29.0 Å². The molecule has 6 atom stereocenters. The Labute approximate surface area is 291 Å². The lowest BCUT2D eigenvalue weighted by Crippen LogP contribution is -2.66. The van der Waals surface area contributed by atoms with Gasteiger partial charge in [-0.3, -0.25) is 19.2 Å². The standard InChI is InChI=1S/C36H57N5O7S/c1-7-18-37-31(44)28(42)24(20-22-14-15-22)38-30(43)27-26-23(35(26,5)6)21-41(27)32(45)29(34(2,3)4)39-33(46)40-36(16-10-8-11-17-36)25-13-9-12-19-49(25,47)48/h7,22-27,29H,1,8-21H2,2-6H3,(H,37,44)(H,38,43)(H2,39,40,46)/t23-,24?,25?,26-,27-,29+/m0/s1. The summed E-state index contributed by atoms with van der Waals surface area (Å²) in [5, 5.41) is 10.7. The number of hydrogen-bond acceptors (Lipinski definition) is 7. The molecule has 0 spiro atoms. The number of urea groups is 1. The summed E-state index contributed by atoms with van der Waals surface area (Å²) in [4.78, 5) is 69.8. The van der Waals surface area contributed by atoms with Gasteiger partial charge in [-0.25, -0.2) is 13.2 Å². The van der Waals surface area contributed by atoms with E-state index in [1.54, 1.807) is 4.90 Å². The number of nitrogens with one attached hydrogen (secondary N) is 4. The largest absolute Gasteiger partial charge is 0.346 e. The third-order valence-corrected chi connectivity index (χ3v) is 14.4. The maximum atomic E-state index is 14.5. The van der Waals surface area contributed by atoms with Crippen molar-refractivity contribution in [3.8, 4) is 0 Å². The molecule has 5 aliphatic rings. The van der Waals surface area contributed by atoms with Crippen LogP contribution in [0.5, 0.6) is 0 Å². The third kappa shape index (κ3) is 7.86. The molecule has 13 heteroatoms. The summed E-state index contributed by atoms with van der Waals surface area (Å²) in [5.41, 5.74) is -1.84. The van der Waals surface area contributed by atoms with Crippen molar-refractivity contribution in [1.82, 2.24) is 26.2 Å². The minimum atomic E-state index is -3.39. The summed E-state index contributed by atoms with van der Waals surface area (Å²) >= 11 is 0. The van der Waals surface area contributed by atoms with Crippen LogP contribution in [0.3, 0.4) is 0 Å². The number of hydrogen-bond donors (Lipinski definition) is 4. The molecule has 49 heavy (non-hydrogen) atoms. The van der Waals surface area contributed by atoms with E-state index in [0.29, 0.717) is 38.6 Å². The van der Waals surface area contributed by atoms with Crippen LogP contribution in [0.25, 0.3) is 0 Å². The first kappa shape index (κ1) is 37.3. The van der Waals surface area contributed by atoms with E-state index in [2.05, 4.69) is 41.7 Å². The number of sulfone groups is 1. The van der Waals surface area contributed by atoms with Crippen LogP contribution in [0.1, 0.15) is 105 Å². The zero-order valence-electron chi connectivity index (χ0n) is 29.9. The molecule has 274 valence electrons. The Kier molecular flexibility index (Phi) is 10.6. The van der Waals surface area contributed by atoms with E-state index in [-0.39, 0.29) is 35.5 Å². The minimum Gasteiger partial charge on any atom is -0.346 e. The van der Waals surface area contributed by atoms with E-state index >= 15 is 0 Å². The molecule has 12 nitrogen and oxygen atoms in total. The highest BCUT2D eigenvalue weighted by Gasteiger charge is 2.70. The number of fused-ring (bicyclic) bond motifs is 1. The number of carbonyl (C=O) groups excluding carboxylic acids is 5. The van der Waals surface area contributed by atoms with Crippen molar-refractivity contribution < 1.29 is 32.4 Å². The van der Waals surface area contributed by atoms with Gasteiger partial charge in [0.25, 0.3) is 5.91 Å². The van der Waals surface area contributed by atoms with Crippen LogP contribution in [0.2, 0.25) is 0 Å². The summed E-state index contributed by atoms with van der Waals surface area (Å²) in [5.74, 6) is -2.07. The van der Waals surface area contributed by atoms with Gasteiger partial charge in [-0.2, -0.15) is 0 Å². The monoisotopic (exact) mass is 703 g/mol. The van der Waals surface area contributed by atoms with Crippen molar-refractivity contribution in [2.75, 3.05) is 18.8 Å². The Bertz CT molecular complexity index is 1440. The van der Waals surface area contributed by atoms with Gasteiger partial charge in [0.2, 0.25) is 17.6 Å². The lowest BCUT2D eigenvalue weighted by atomic mass is 9.77. The Morgan fingerprint density at radius 3 is 2.22 bits per heavy atom. The fourth-order valence-electron chi connectivity index (χ4n) is 8.89. The van der Waals surface area contributed by atoms with Crippen LogP contribution in [0, 0.1) is 28.6 Å². The zero-order chi connectivity index (χ0) is 35.9. The second-order valence-corrected chi connectivity index (χ2v) is 19.3. The second-order valence-electron chi connectivity index (χ2n) is 17.0. The average Bonchev–Trinajstić information content (AvgIpc) is 3.88. The highest BCUT2D eigenvalue weighted by atomic mass is 32.2.